The molecule has 5 aromatic rings. The van der Waals surface area contributed by atoms with E-state index in [-0.39, 0.29) is 18.5 Å². The van der Waals surface area contributed by atoms with Crippen molar-refractivity contribution in [1.29, 1.82) is 0 Å². The van der Waals surface area contributed by atoms with Crippen LogP contribution in [0.2, 0.25) is 0 Å². The van der Waals surface area contributed by atoms with Crippen LogP contribution in [-0.4, -0.2) is 60.0 Å². The number of hydrogen-bond acceptors (Lipinski definition) is 8. The fourth-order valence-electron chi connectivity index (χ4n) is 5.94. The third-order valence-corrected chi connectivity index (χ3v) is 8.13. The quantitative estimate of drug-likeness (QED) is 0.276. The van der Waals surface area contributed by atoms with Gasteiger partial charge < -0.3 is 19.3 Å². The number of carbonyl (C=O) groups excluding carboxylic acids is 1. The molecule has 0 spiro atoms. The van der Waals surface area contributed by atoms with Crippen LogP contribution >= 0.6 is 0 Å². The number of aryl methyl sites for hydroxylation is 1. The van der Waals surface area contributed by atoms with E-state index in [1.54, 1.807) is 21.7 Å². The van der Waals surface area contributed by atoms with Gasteiger partial charge in [-0.25, -0.2) is 14.8 Å². The highest BCUT2D eigenvalue weighted by molar-refractivity contribution is 5.97. The second-order valence-electron chi connectivity index (χ2n) is 10.8. The number of ether oxygens (including phenoxy) is 2. The molecule has 0 aliphatic carbocycles. The molecule has 1 amide bonds. The Morgan fingerprint density at radius 1 is 0.932 bits per heavy atom. The molecule has 0 atom stereocenters. The average Bonchev–Trinajstić information content (AvgIpc) is 3.08. The average molecular weight is 590 g/mol. The van der Waals surface area contributed by atoms with Crippen molar-refractivity contribution in [2.45, 2.75) is 13.5 Å². The molecular weight excluding hydrogens is 556 g/mol. The number of pyridine rings is 1. The maximum atomic E-state index is 14.4. The lowest BCUT2D eigenvalue weighted by Gasteiger charge is -2.38. The van der Waals surface area contributed by atoms with E-state index in [2.05, 4.69) is 14.9 Å². The van der Waals surface area contributed by atoms with Crippen molar-refractivity contribution in [3.63, 3.8) is 0 Å². The van der Waals surface area contributed by atoms with E-state index in [0.29, 0.717) is 54.4 Å². The predicted molar refractivity (Wildman–Crippen MR) is 170 cm³/mol. The van der Waals surface area contributed by atoms with Gasteiger partial charge in [-0.15, -0.1) is 0 Å². The van der Waals surface area contributed by atoms with Crippen LogP contribution in [0, 0.1) is 6.92 Å². The summed E-state index contributed by atoms with van der Waals surface area (Å²) in [5, 5.41) is 0.622. The van der Waals surface area contributed by atoms with Gasteiger partial charge >= 0.3 is 6.09 Å². The van der Waals surface area contributed by atoms with Crippen LogP contribution in [-0.2, 0) is 16.1 Å². The summed E-state index contributed by atoms with van der Waals surface area (Å²) in [6.07, 6.45) is 0.958. The summed E-state index contributed by atoms with van der Waals surface area (Å²) < 4.78 is 20.8. The summed E-state index contributed by atoms with van der Waals surface area (Å²) in [6.45, 7) is 5.75. The number of hydrogen-bond donors (Lipinski definition) is 0. The predicted octanol–water partition coefficient (Wildman–Crippen LogP) is 5.22. The number of anilines is 4. The summed E-state index contributed by atoms with van der Waals surface area (Å²) in [5.41, 5.74) is 5.38. The van der Waals surface area contributed by atoms with Crippen LogP contribution in [0.4, 0.5) is 27.5 Å². The smallest absolute Gasteiger partial charge is 0.414 e. The first-order chi connectivity index (χ1) is 22.0. The Morgan fingerprint density at radius 3 is 2.50 bits per heavy atom. The van der Waals surface area contributed by atoms with E-state index in [0.717, 1.165) is 35.6 Å². The lowest BCUT2D eigenvalue weighted by molar-refractivity contribution is 0.122. The van der Waals surface area contributed by atoms with Crippen molar-refractivity contribution < 1.29 is 15.6 Å². The minimum Gasteiger partial charge on any atom is -0.444 e. The molecule has 0 unspecified atom stereocenters. The van der Waals surface area contributed by atoms with Gasteiger partial charge in [-0.2, -0.15) is 0 Å². The molecule has 2 aromatic heterocycles. The van der Waals surface area contributed by atoms with Gasteiger partial charge in [0.15, 0.2) is 5.65 Å². The molecule has 10 nitrogen and oxygen atoms in total. The minimum atomic E-state index is -0.443. The van der Waals surface area contributed by atoms with Gasteiger partial charge in [0, 0.05) is 43.4 Å². The lowest BCUT2D eigenvalue weighted by Crippen LogP contribution is -2.44. The third-order valence-electron chi connectivity index (χ3n) is 8.13. The Bertz CT molecular complexity index is 1930. The molecular formula is C34H32N6O4. The first-order valence-corrected chi connectivity index (χ1v) is 14.7. The highest BCUT2D eigenvalue weighted by Crippen LogP contribution is 2.40. The molecule has 1 saturated heterocycles. The maximum Gasteiger partial charge on any atom is 0.414 e. The molecule has 7 rings (SSSR count). The molecule has 2 aliphatic rings. The number of para-hydroxylation sites is 1. The second-order valence-corrected chi connectivity index (χ2v) is 10.8. The molecule has 2 aliphatic heterocycles. The number of benzene rings is 3. The van der Waals surface area contributed by atoms with Crippen LogP contribution < -0.4 is 20.3 Å². The van der Waals surface area contributed by atoms with E-state index in [4.69, 9.17) is 10.8 Å². The Kier molecular flexibility index (Phi) is 7.09. The van der Waals surface area contributed by atoms with E-state index in [1.807, 2.05) is 84.6 Å². The second kappa shape index (κ2) is 11.8. The highest BCUT2D eigenvalue weighted by Gasteiger charge is 2.32. The van der Waals surface area contributed by atoms with E-state index >= 15 is 0 Å². The molecule has 0 bridgehead atoms. The van der Waals surface area contributed by atoms with Crippen molar-refractivity contribution in [1.82, 2.24) is 14.5 Å². The largest absolute Gasteiger partial charge is 0.444 e. The zero-order valence-corrected chi connectivity index (χ0v) is 24.3. The molecule has 10 heteroatoms. The number of amides is 1. The minimum absolute atomic E-state index is 0.165. The Morgan fingerprint density at radius 2 is 1.70 bits per heavy atom. The molecule has 3 aromatic carbocycles. The van der Waals surface area contributed by atoms with Crippen molar-refractivity contribution in [3.8, 4) is 5.69 Å². The van der Waals surface area contributed by atoms with Crippen LogP contribution in [0.1, 0.15) is 12.5 Å². The summed E-state index contributed by atoms with van der Waals surface area (Å²) >= 11 is 0. The number of rotatable bonds is 5. The number of carbonyl (C=O) groups is 1. The van der Waals surface area contributed by atoms with E-state index < -0.39 is 6.09 Å². The highest BCUT2D eigenvalue weighted by atomic mass is 16.6. The number of nitrogens with zero attached hydrogens (tertiary/aromatic N) is 6. The molecule has 1 fully saturated rings. The molecule has 0 radical (unpaired) electrons. The molecule has 4 heterocycles. The Balaban J connectivity index is 1.28. The first-order valence-electron chi connectivity index (χ1n) is 15.2. The number of fused-ring (bicyclic) bond motifs is 2. The summed E-state index contributed by atoms with van der Waals surface area (Å²) in [7, 11) is 0. The number of aromatic nitrogens is 3. The Labute approximate surface area is 256 Å². The topological polar surface area (TPSA) is 93.0 Å². The molecule has 0 N–H and O–H groups in total. The van der Waals surface area contributed by atoms with Crippen molar-refractivity contribution in [2.75, 3.05) is 54.1 Å². The fraction of sp³-hybridized carbons (Fsp3) is 0.235. The zero-order chi connectivity index (χ0) is 30.9. The monoisotopic (exact) mass is 589 g/mol. The van der Waals surface area contributed by atoms with Gasteiger partial charge in [-0.1, -0.05) is 42.5 Å². The molecule has 0 saturated carbocycles. The van der Waals surface area contributed by atoms with E-state index in [1.165, 1.54) is 0 Å². The molecule has 44 heavy (non-hydrogen) atoms. The van der Waals surface area contributed by atoms with Gasteiger partial charge in [0.05, 0.1) is 30.3 Å². The van der Waals surface area contributed by atoms with Gasteiger partial charge in [0.2, 0.25) is 0 Å². The van der Waals surface area contributed by atoms with Crippen molar-refractivity contribution >= 4 is 39.9 Å². The Hall–Kier alpha value is -5.22. The summed E-state index contributed by atoms with van der Waals surface area (Å²) in [5.74, 6) is 0. The third kappa shape index (κ3) is 5.13. The maximum absolute atomic E-state index is 14.4. The van der Waals surface area contributed by atoms with Gasteiger partial charge in [-0.05, 0) is 54.4 Å². The van der Waals surface area contributed by atoms with Crippen LogP contribution in [0.25, 0.3) is 16.7 Å². The van der Waals surface area contributed by atoms with E-state index in [9.17, 15) is 9.59 Å². The molecule has 222 valence electrons. The number of morpholine rings is 1. The standard InChI is InChI=1S/C34H32N6O4/c1-24-6-5-9-29-31(24)39(34(42)44-22-25-7-3-2-4-8-25)15-14-38(29)30-20-26-21-35-23-36-32(26)40(33(30)41)28-12-10-27(11-13-28)37-16-18-43-19-17-37/h2-13,20-21,23H,14-19,22H2,1H3/i23D. The van der Waals surface area contributed by atoms with Crippen LogP contribution in [0.5, 0.6) is 0 Å². The van der Waals surface area contributed by atoms with Crippen molar-refractivity contribution in [3.05, 3.63) is 113 Å². The van der Waals surface area contributed by atoms with Gasteiger partial charge in [-0.3, -0.25) is 14.3 Å². The van der Waals surface area contributed by atoms with Gasteiger partial charge in [0.25, 0.3) is 5.56 Å². The zero-order valence-electron chi connectivity index (χ0n) is 25.3. The van der Waals surface area contributed by atoms with Crippen molar-refractivity contribution in [2.24, 2.45) is 0 Å². The lowest BCUT2D eigenvalue weighted by atomic mass is 10.1. The van der Waals surface area contributed by atoms with Crippen LogP contribution in [0.15, 0.2) is 96.2 Å². The first kappa shape index (κ1) is 26.4. The SMILES string of the molecule is [2H]c1ncc2cc(N3CCN(C(=O)OCc4ccccc4)c4c(C)cccc43)c(=O)n(-c3ccc(N4CCOCC4)cc3)c2n1. The summed E-state index contributed by atoms with van der Waals surface area (Å²) in [4.78, 5) is 42.1. The normalized spacial score (nSPS) is 15.2. The van der Waals surface area contributed by atoms with Crippen LogP contribution in [0.3, 0.4) is 0 Å². The fourth-order valence-corrected chi connectivity index (χ4v) is 5.94. The van der Waals surface area contributed by atoms with Gasteiger partial charge in [0.1, 0.15) is 20.0 Å². The summed E-state index contributed by atoms with van der Waals surface area (Å²) in [6, 6.07) is 24.9.